The molecular weight excluding hydrogens is 256 g/mol. The minimum absolute atomic E-state index is 0.115. The highest BCUT2D eigenvalue weighted by Gasteiger charge is 2.32. The second-order valence-electron chi connectivity index (χ2n) is 5.58. The van der Waals surface area contributed by atoms with E-state index in [-0.39, 0.29) is 18.2 Å². The molecule has 0 radical (unpaired) electrons. The van der Waals surface area contributed by atoms with Gasteiger partial charge in [0, 0.05) is 25.3 Å². The van der Waals surface area contributed by atoms with Crippen LogP contribution in [0.3, 0.4) is 0 Å². The largest absolute Gasteiger partial charge is 0.481 e. The summed E-state index contributed by atoms with van der Waals surface area (Å²) in [4.78, 5) is 26.8. The second-order valence-corrected chi connectivity index (χ2v) is 5.58. The molecule has 1 fully saturated rings. The number of carboxylic acid groups (broad SMARTS) is 1. The summed E-state index contributed by atoms with van der Waals surface area (Å²) in [6.07, 6.45) is 1.13. The van der Waals surface area contributed by atoms with Gasteiger partial charge in [-0.25, -0.2) is 0 Å². The Hall–Kier alpha value is -1.88. The molecule has 0 atom stereocenters. The maximum atomic E-state index is 12.3. The molecule has 1 aromatic carbocycles. The Labute approximate surface area is 117 Å². The third-order valence-corrected chi connectivity index (χ3v) is 4.04. The fourth-order valence-electron chi connectivity index (χ4n) is 3.06. The number of fused-ring (bicyclic) bond motifs is 1. The zero-order valence-electron chi connectivity index (χ0n) is 11.3. The van der Waals surface area contributed by atoms with E-state index in [1.54, 1.807) is 0 Å². The molecule has 20 heavy (non-hydrogen) atoms. The summed E-state index contributed by atoms with van der Waals surface area (Å²) in [6, 6.07) is 8.01. The van der Waals surface area contributed by atoms with E-state index < -0.39 is 5.97 Å². The monoisotopic (exact) mass is 274 g/mol. The number of anilines is 1. The molecule has 5 heteroatoms. The molecule has 0 spiro atoms. The molecule has 0 saturated carbocycles. The van der Waals surface area contributed by atoms with E-state index in [0.717, 1.165) is 18.7 Å². The van der Waals surface area contributed by atoms with Crippen molar-refractivity contribution in [2.75, 3.05) is 31.1 Å². The van der Waals surface area contributed by atoms with Crippen LogP contribution in [0, 0.1) is 5.92 Å². The highest BCUT2D eigenvalue weighted by Crippen LogP contribution is 2.28. The number of amides is 1. The maximum Gasteiger partial charge on any atom is 0.303 e. The Morgan fingerprint density at radius 3 is 2.75 bits per heavy atom. The lowest BCUT2D eigenvalue weighted by Crippen LogP contribution is -2.51. The molecule has 1 amide bonds. The minimum atomic E-state index is -0.755. The van der Waals surface area contributed by atoms with Crippen molar-refractivity contribution in [3.63, 3.8) is 0 Å². The first-order valence-corrected chi connectivity index (χ1v) is 6.96. The molecule has 1 saturated heterocycles. The molecule has 0 aliphatic carbocycles. The summed E-state index contributed by atoms with van der Waals surface area (Å²) < 4.78 is 0. The van der Waals surface area contributed by atoms with Gasteiger partial charge in [0.1, 0.15) is 0 Å². The molecule has 5 nitrogen and oxygen atoms in total. The SMILES string of the molecule is O=C(O)CC1CN(CC(=O)N2CCc3ccccc32)C1. The van der Waals surface area contributed by atoms with Crippen LogP contribution in [0.15, 0.2) is 24.3 Å². The lowest BCUT2D eigenvalue weighted by atomic mass is 9.96. The molecule has 0 bridgehead atoms. The van der Waals surface area contributed by atoms with Crippen LogP contribution in [0.25, 0.3) is 0 Å². The molecule has 0 aromatic heterocycles. The zero-order chi connectivity index (χ0) is 14.1. The number of carboxylic acids is 1. The third kappa shape index (κ3) is 2.54. The van der Waals surface area contributed by atoms with Gasteiger partial charge in [-0.1, -0.05) is 18.2 Å². The number of benzene rings is 1. The zero-order valence-corrected chi connectivity index (χ0v) is 11.3. The smallest absolute Gasteiger partial charge is 0.303 e. The lowest BCUT2D eigenvalue weighted by Gasteiger charge is -2.38. The fourth-order valence-corrected chi connectivity index (χ4v) is 3.06. The summed E-state index contributed by atoms with van der Waals surface area (Å²) in [7, 11) is 0. The normalized spacial score (nSPS) is 18.7. The van der Waals surface area contributed by atoms with Crippen molar-refractivity contribution in [2.24, 2.45) is 5.92 Å². The summed E-state index contributed by atoms with van der Waals surface area (Å²) in [6.45, 7) is 2.58. The first-order chi connectivity index (χ1) is 9.63. The average molecular weight is 274 g/mol. The Bertz CT molecular complexity index is 538. The van der Waals surface area contributed by atoms with Crippen molar-refractivity contribution >= 4 is 17.6 Å². The third-order valence-electron chi connectivity index (χ3n) is 4.04. The van der Waals surface area contributed by atoms with Gasteiger partial charge in [-0.05, 0) is 24.0 Å². The topological polar surface area (TPSA) is 60.9 Å². The highest BCUT2D eigenvalue weighted by molar-refractivity contribution is 5.96. The van der Waals surface area contributed by atoms with Crippen molar-refractivity contribution in [3.05, 3.63) is 29.8 Å². The predicted molar refractivity (Wildman–Crippen MR) is 74.7 cm³/mol. The Morgan fingerprint density at radius 1 is 1.25 bits per heavy atom. The lowest BCUT2D eigenvalue weighted by molar-refractivity contribution is -0.139. The quantitative estimate of drug-likeness (QED) is 0.889. The number of carbonyl (C=O) groups is 2. The van der Waals surface area contributed by atoms with Gasteiger partial charge in [0.25, 0.3) is 0 Å². The van der Waals surface area contributed by atoms with Gasteiger partial charge in [0.15, 0.2) is 0 Å². The Balaban J connectivity index is 1.53. The van der Waals surface area contributed by atoms with E-state index >= 15 is 0 Å². The summed E-state index contributed by atoms with van der Waals surface area (Å²) >= 11 is 0. The molecule has 1 N–H and O–H groups in total. The number of hydrogen-bond donors (Lipinski definition) is 1. The first-order valence-electron chi connectivity index (χ1n) is 6.96. The predicted octanol–water partition coefficient (Wildman–Crippen LogP) is 0.982. The first kappa shape index (κ1) is 13.1. The Morgan fingerprint density at radius 2 is 2.00 bits per heavy atom. The van der Waals surface area contributed by atoms with Crippen molar-refractivity contribution in [1.29, 1.82) is 0 Å². The number of carbonyl (C=O) groups excluding carboxylic acids is 1. The molecule has 2 aliphatic rings. The molecule has 2 heterocycles. The standard InChI is InChI=1S/C15H18N2O3/c18-14(10-16-8-11(9-16)7-15(19)20)17-6-5-12-3-1-2-4-13(12)17/h1-4,11H,5-10H2,(H,19,20). The van der Waals surface area contributed by atoms with Crippen LogP contribution in [0.2, 0.25) is 0 Å². The molecule has 106 valence electrons. The van der Waals surface area contributed by atoms with E-state index in [1.165, 1.54) is 5.56 Å². The number of aliphatic carboxylic acids is 1. The molecule has 2 aliphatic heterocycles. The van der Waals surface area contributed by atoms with Crippen LogP contribution >= 0.6 is 0 Å². The number of hydrogen-bond acceptors (Lipinski definition) is 3. The van der Waals surface area contributed by atoms with Crippen LogP contribution in [0.1, 0.15) is 12.0 Å². The number of nitrogens with zero attached hydrogens (tertiary/aromatic N) is 2. The van der Waals surface area contributed by atoms with Gasteiger partial charge in [0.05, 0.1) is 13.0 Å². The van der Waals surface area contributed by atoms with E-state index in [0.29, 0.717) is 19.6 Å². The molecule has 3 rings (SSSR count). The van der Waals surface area contributed by atoms with E-state index in [2.05, 4.69) is 6.07 Å². The van der Waals surface area contributed by atoms with Crippen LogP contribution in [-0.2, 0) is 16.0 Å². The van der Waals surface area contributed by atoms with Crippen LogP contribution in [0.5, 0.6) is 0 Å². The van der Waals surface area contributed by atoms with Gasteiger partial charge in [-0.2, -0.15) is 0 Å². The summed E-state index contributed by atoms with van der Waals surface area (Å²) in [5.41, 5.74) is 2.26. The van der Waals surface area contributed by atoms with Crippen LogP contribution < -0.4 is 4.90 Å². The van der Waals surface area contributed by atoms with Gasteiger partial charge in [-0.3, -0.25) is 14.5 Å². The molecule has 0 unspecified atom stereocenters. The second kappa shape index (κ2) is 5.25. The van der Waals surface area contributed by atoms with E-state index in [1.807, 2.05) is 28.0 Å². The average Bonchev–Trinajstić information content (AvgIpc) is 2.79. The number of para-hydroxylation sites is 1. The summed E-state index contributed by atoms with van der Waals surface area (Å²) in [5, 5.41) is 8.71. The van der Waals surface area contributed by atoms with Gasteiger partial charge >= 0.3 is 5.97 Å². The van der Waals surface area contributed by atoms with Crippen LogP contribution in [0.4, 0.5) is 5.69 Å². The summed E-state index contributed by atoms with van der Waals surface area (Å²) in [5.74, 6) is -0.440. The van der Waals surface area contributed by atoms with Gasteiger partial charge < -0.3 is 10.0 Å². The Kier molecular flexibility index (Phi) is 3.44. The van der Waals surface area contributed by atoms with Gasteiger partial charge in [-0.15, -0.1) is 0 Å². The number of rotatable bonds is 4. The molecular formula is C15H18N2O3. The van der Waals surface area contributed by atoms with Crippen molar-refractivity contribution in [3.8, 4) is 0 Å². The van der Waals surface area contributed by atoms with E-state index in [4.69, 9.17) is 5.11 Å². The molecule has 1 aromatic rings. The van der Waals surface area contributed by atoms with Crippen molar-refractivity contribution in [2.45, 2.75) is 12.8 Å². The van der Waals surface area contributed by atoms with Gasteiger partial charge in [0.2, 0.25) is 5.91 Å². The van der Waals surface area contributed by atoms with Crippen LogP contribution in [-0.4, -0.2) is 48.1 Å². The number of likely N-dealkylation sites (tertiary alicyclic amines) is 1. The van der Waals surface area contributed by atoms with E-state index in [9.17, 15) is 9.59 Å². The maximum absolute atomic E-state index is 12.3. The fraction of sp³-hybridized carbons (Fsp3) is 0.467. The van der Waals surface area contributed by atoms with Crippen molar-refractivity contribution in [1.82, 2.24) is 4.90 Å². The highest BCUT2D eigenvalue weighted by atomic mass is 16.4. The minimum Gasteiger partial charge on any atom is -0.481 e. The van der Waals surface area contributed by atoms with Crippen molar-refractivity contribution < 1.29 is 14.7 Å².